The second-order valence-electron chi connectivity index (χ2n) is 6.01. The van der Waals surface area contributed by atoms with E-state index in [1.807, 2.05) is 23.7 Å². The molecular weight excluding hydrogens is 254 g/mol. The van der Waals surface area contributed by atoms with Crippen LogP contribution in [0.1, 0.15) is 32.6 Å². The van der Waals surface area contributed by atoms with Crippen molar-refractivity contribution in [1.82, 2.24) is 9.55 Å². The van der Waals surface area contributed by atoms with Crippen molar-refractivity contribution in [3.8, 4) is 0 Å². The number of thiophene rings is 1. The van der Waals surface area contributed by atoms with Crippen molar-refractivity contribution in [3.63, 3.8) is 0 Å². The van der Waals surface area contributed by atoms with E-state index in [0.29, 0.717) is 5.92 Å². The number of hydrogen-bond donors (Lipinski definition) is 1. The van der Waals surface area contributed by atoms with Crippen LogP contribution in [0.2, 0.25) is 0 Å². The molecule has 0 aliphatic heterocycles. The highest BCUT2D eigenvalue weighted by atomic mass is 32.1. The van der Waals surface area contributed by atoms with E-state index >= 15 is 0 Å². The standard InChI is InChI=1S/C15H23N3S/c1-12(2)10-18-8-7-16-14(18)17-11-15(3,4)13-6-5-9-19-13/h5-9,12H,10-11H2,1-4H3,(H,16,17). The molecule has 0 fully saturated rings. The van der Waals surface area contributed by atoms with Crippen LogP contribution in [0.25, 0.3) is 0 Å². The largest absolute Gasteiger partial charge is 0.355 e. The van der Waals surface area contributed by atoms with Crippen LogP contribution in [-0.4, -0.2) is 16.1 Å². The van der Waals surface area contributed by atoms with Crippen molar-refractivity contribution in [2.24, 2.45) is 5.92 Å². The molecule has 0 radical (unpaired) electrons. The van der Waals surface area contributed by atoms with Gasteiger partial charge in [-0.1, -0.05) is 33.8 Å². The van der Waals surface area contributed by atoms with Gasteiger partial charge >= 0.3 is 0 Å². The van der Waals surface area contributed by atoms with Crippen LogP contribution < -0.4 is 5.32 Å². The van der Waals surface area contributed by atoms with Crippen LogP contribution in [0, 0.1) is 5.92 Å². The fourth-order valence-corrected chi connectivity index (χ4v) is 2.92. The number of imidazole rings is 1. The summed E-state index contributed by atoms with van der Waals surface area (Å²) in [5, 5.41) is 5.62. The van der Waals surface area contributed by atoms with E-state index in [2.05, 4.69) is 60.1 Å². The van der Waals surface area contributed by atoms with Crippen molar-refractivity contribution in [2.45, 2.75) is 39.7 Å². The summed E-state index contributed by atoms with van der Waals surface area (Å²) >= 11 is 1.81. The quantitative estimate of drug-likeness (QED) is 0.865. The van der Waals surface area contributed by atoms with Crippen molar-refractivity contribution in [3.05, 3.63) is 34.8 Å². The number of rotatable bonds is 6. The van der Waals surface area contributed by atoms with Crippen LogP contribution >= 0.6 is 11.3 Å². The molecule has 2 heterocycles. The van der Waals surface area contributed by atoms with E-state index in [4.69, 9.17) is 0 Å². The van der Waals surface area contributed by atoms with Gasteiger partial charge < -0.3 is 9.88 Å². The van der Waals surface area contributed by atoms with E-state index in [-0.39, 0.29) is 5.41 Å². The Morgan fingerprint density at radius 1 is 1.42 bits per heavy atom. The molecule has 0 aromatic carbocycles. The third-order valence-corrected chi connectivity index (χ3v) is 4.39. The van der Waals surface area contributed by atoms with Crippen LogP contribution in [0.4, 0.5) is 5.95 Å². The molecule has 1 N–H and O–H groups in total. The Morgan fingerprint density at radius 2 is 2.21 bits per heavy atom. The molecule has 0 spiro atoms. The fourth-order valence-electron chi connectivity index (χ4n) is 2.07. The molecule has 2 rings (SSSR count). The third kappa shape index (κ3) is 3.60. The zero-order valence-corrected chi connectivity index (χ0v) is 13.0. The molecule has 2 aromatic rings. The summed E-state index contributed by atoms with van der Waals surface area (Å²) in [7, 11) is 0. The van der Waals surface area contributed by atoms with Gasteiger partial charge in [0, 0.05) is 35.8 Å². The first-order valence-corrected chi connectivity index (χ1v) is 7.66. The molecule has 0 aliphatic carbocycles. The van der Waals surface area contributed by atoms with Gasteiger partial charge in [0.15, 0.2) is 0 Å². The number of aromatic nitrogens is 2. The third-order valence-electron chi connectivity index (χ3n) is 3.15. The molecule has 19 heavy (non-hydrogen) atoms. The summed E-state index contributed by atoms with van der Waals surface area (Å²) in [6.45, 7) is 10.9. The maximum absolute atomic E-state index is 4.41. The Hall–Kier alpha value is -1.29. The molecule has 0 saturated heterocycles. The van der Waals surface area contributed by atoms with E-state index in [9.17, 15) is 0 Å². The summed E-state index contributed by atoms with van der Waals surface area (Å²) in [6, 6.07) is 4.31. The first-order valence-electron chi connectivity index (χ1n) is 6.78. The zero-order chi connectivity index (χ0) is 13.9. The first kappa shape index (κ1) is 14.1. The summed E-state index contributed by atoms with van der Waals surface area (Å²) in [5.74, 6) is 1.60. The predicted octanol–water partition coefficient (Wildman–Crippen LogP) is 3.99. The van der Waals surface area contributed by atoms with Crippen molar-refractivity contribution >= 4 is 17.3 Å². The molecule has 3 nitrogen and oxygen atoms in total. The van der Waals surface area contributed by atoms with Gasteiger partial charge in [-0.15, -0.1) is 11.3 Å². The van der Waals surface area contributed by atoms with Gasteiger partial charge in [0.25, 0.3) is 0 Å². The average molecular weight is 277 g/mol. The average Bonchev–Trinajstić information content (AvgIpc) is 2.96. The maximum Gasteiger partial charge on any atom is 0.202 e. The van der Waals surface area contributed by atoms with Crippen molar-refractivity contribution in [2.75, 3.05) is 11.9 Å². The van der Waals surface area contributed by atoms with Gasteiger partial charge in [-0.05, 0) is 17.4 Å². The Labute approximate surface area is 119 Å². The zero-order valence-electron chi connectivity index (χ0n) is 12.2. The first-order chi connectivity index (χ1) is 8.99. The number of anilines is 1. The summed E-state index contributed by atoms with van der Waals surface area (Å²) in [5.41, 5.74) is 0.128. The second kappa shape index (κ2) is 5.78. The fraction of sp³-hybridized carbons (Fsp3) is 0.533. The Morgan fingerprint density at radius 3 is 2.84 bits per heavy atom. The lowest BCUT2D eigenvalue weighted by Crippen LogP contribution is -2.27. The van der Waals surface area contributed by atoms with Crippen molar-refractivity contribution in [1.29, 1.82) is 0 Å². The van der Waals surface area contributed by atoms with Crippen LogP contribution in [-0.2, 0) is 12.0 Å². The second-order valence-corrected chi connectivity index (χ2v) is 6.96. The molecule has 0 unspecified atom stereocenters. The molecule has 0 bridgehead atoms. The number of nitrogens with one attached hydrogen (secondary N) is 1. The van der Waals surface area contributed by atoms with Crippen LogP contribution in [0.15, 0.2) is 29.9 Å². The Kier molecular flexibility index (Phi) is 4.30. The lowest BCUT2D eigenvalue weighted by Gasteiger charge is -2.24. The molecular formula is C15H23N3S. The molecule has 0 saturated carbocycles. The van der Waals surface area contributed by atoms with Gasteiger partial charge in [-0.2, -0.15) is 0 Å². The number of nitrogens with zero attached hydrogens (tertiary/aromatic N) is 2. The van der Waals surface area contributed by atoms with Gasteiger partial charge in [0.05, 0.1) is 0 Å². The highest BCUT2D eigenvalue weighted by Gasteiger charge is 2.22. The van der Waals surface area contributed by atoms with Crippen LogP contribution in [0.3, 0.4) is 0 Å². The van der Waals surface area contributed by atoms with Crippen LogP contribution in [0.5, 0.6) is 0 Å². The number of hydrogen-bond acceptors (Lipinski definition) is 3. The minimum atomic E-state index is 0.128. The van der Waals surface area contributed by atoms with Crippen molar-refractivity contribution < 1.29 is 0 Å². The topological polar surface area (TPSA) is 29.9 Å². The lowest BCUT2D eigenvalue weighted by molar-refractivity contribution is 0.519. The molecule has 0 aliphatic rings. The molecule has 104 valence electrons. The monoisotopic (exact) mass is 277 g/mol. The minimum Gasteiger partial charge on any atom is -0.355 e. The normalized spacial score (nSPS) is 12.1. The smallest absolute Gasteiger partial charge is 0.202 e. The van der Waals surface area contributed by atoms with Gasteiger partial charge in [-0.3, -0.25) is 0 Å². The Bertz CT molecular complexity index is 497. The van der Waals surface area contributed by atoms with E-state index in [0.717, 1.165) is 19.0 Å². The van der Waals surface area contributed by atoms with Gasteiger partial charge in [0.2, 0.25) is 5.95 Å². The molecule has 4 heteroatoms. The van der Waals surface area contributed by atoms with E-state index in [1.54, 1.807) is 0 Å². The van der Waals surface area contributed by atoms with Gasteiger partial charge in [-0.25, -0.2) is 4.98 Å². The van der Waals surface area contributed by atoms with Gasteiger partial charge in [0.1, 0.15) is 0 Å². The summed E-state index contributed by atoms with van der Waals surface area (Å²) < 4.78 is 2.19. The predicted molar refractivity (Wildman–Crippen MR) is 82.9 cm³/mol. The van der Waals surface area contributed by atoms with E-state index in [1.165, 1.54) is 4.88 Å². The molecule has 0 amide bonds. The lowest BCUT2D eigenvalue weighted by atomic mass is 9.91. The summed E-state index contributed by atoms with van der Waals surface area (Å²) in [4.78, 5) is 5.81. The molecule has 2 aromatic heterocycles. The molecule has 0 atom stereocenters. The summed E-state index contributed by atoms with van der Waals surface area (Å²) in [6.07, 6.45) is 3.91. The maximum atomic E-state index is 4.41. The highest BCUT2D eigenvalue weighted by molar-refractivity contribution is 7.10. The van der Waals surface area contributed by atoms with E-state index < -0.39 is 0 Å². The highest BCUT2D eigenvalue weighted by Crippen LogP contribution is 2.27. The Balaban J connectivity index is 2.01. The SMILES string of the molecule is CC(C)Cn1ccnc1NCC(C)(C)c1cccs1. The minimum absolute atomic E-state index is 0.128.